The van der Waals surface area contributed by atoms with Gasteiger partial charge in [-0.1, -0.05) is 28.1 Å². The quantitative estimate of drug-likeness (QED) is 0.739. The van der Waals surface area contributed by atoms with Crippen LogP contribution in [-0.2, 0) is 0 Å². The van der Waals surface area contributed by atoms with E-state index in [-0.39, 0.29) is 5.38 Å². The zero-order chi connectivity index (χ0) is 9.97. The lowest BCUT2D eigenvalue weighted by atomic mass is 10.1. The largest absolute Gasteiger partial charge is 0.472 e. The highest BCUT2D eigenvalue weighted by Crippen LogP contribution is 2.29. The minimum Gasteiger partial charge on any atom is -0.472 e. The molecule has 0 amide bonds. The Morgan fingerprint density at radius 2 is 1.79 bits per heavy atom. The molecule has 1 nitrogen and oxygen atoms in total. The van der Waals surface area contributed by atoms with E-state index in [0.29, 0.717) is 0 Å². The molecule has 0 saturated heterocycles. The van der Waals surface area contributed by atoms with Crippen molar-refractivity contribution < 1.29 is 4.42 Å². The monoisotopic (exact) mass is 270 g/mol. The summed E-state index contributed by atoms with van der Waals surface area (Å²) in [7, 11) is 0. The summed E-state index contributed by atoms with van der Waals surface area (Å²) < 4.78 is 6.04. The summed E-state index contributed by atoms with van der Waals surface area (Å²) in [5.41, 5.74) is 2.05. The zero-order valence-corrected chi connectivity index (χ0v) is 9.62. The highest BCUT2D eigenvalue weighted by atomic mass is 79.9. The summed E-state index contributed by atoms with van der Waals surface area (Å²) in [5.74, 6) is 0. The predicted molar refractivity (Wildman–Crippen MR) is 60.5 cm³/mol. The van der Waals surface area contributed by atoms with Gasteiger partial charge in [0.25, 0.3) is 0 Å². The van der Waals surface area contributed by atoms with Crippen LogP contribution in [0, 0.1) is 0 Å². The second-order valence-corrected chi connectivity index (χ2v) is 4.32. The number of furan rings is 1. The van der Waals surface area contributed by atoms with E-state index >= 15 is 0 Å². The van der Waals surface area contributed by atoms with Crippen LogP contribution in [0.1, 0.15) is 16.5 Å². The Kier molecular flexibility index (Phi) is 2.94. The number of alkyl halides is 1. The number of benzene rings is 1. The fourth-order valence-corrected chi connectivity index (χ4v) is 1.78. The molecule has 1 heterocycles. The van der Waals surface area contributed by atoms with Crippen LogP contribution in [0.3, 0.4) is 0 Å². The molecule has 0 fully saturated rings. The fraction of sp³-hybridized carbons (Fsp3) is 0.0909. The normalized spacial score (nSPS) is 12.7. The van der Waals surface area contributed by atoms with Crippen molar-refractivity contribution in [3.8, 4) is 0 Å². The van der Waals surface area contributed by atoms with Crippen molar-refractivity contribution in [1.29, 1.82) is 0 Å². The fourth-order valence-electron chi connectivity index (χ4n) is 1.24. The average Bonchev–Trinajstić information content (AvgIpc) is 2.71. The van der Waals surface area contributed by atoms with E-state index in [4.69, 9.17) is 16.0 Å². The molecule has 1 unspecified atom stereocenters. The van der Waals surface area contributed by atoms with Gasteiger partial charge in [-0.3, -0.25) is 0 Å². The van der Waals surface area contributed by atoms with Crippen LogP contribution >= 0.6 is 27.5 Å². The van der Waals surface area contributed by atoms with Crippen molar-refractivity contribution in [3.63, 3.8) is 0 Å². The third kappa shape index (κ3) is 2.02. The number of halogens is 2. The Morgan fingerprint density at radius 1 is 1.07 bits per heavy atom. The molecule has 2 aromatic rings. The van der Waals surface area contributed by atoms with Crippen molar-refractivity contribution in [1.82, 2.24) is 0 Å². The van der Waals surface area contributed by atoms with Crippen LogP contribution in [0.4, 0.5) is 0 Å². The van der Waals surface area contributed by atoms with Gasteiger partial charge in [0.15, 0.2) is 0 Å². The molecular weight excluding hydrogens is 263 g/mol. The van der Waals surface area contributed by atoms with E-state index in [1.54, 1.807) is 12.5 Å². The van der Waals surface area contributed by atoms with Gasteiger partial charge in [0.2, 0.25) is 0 Å². The van der Waals surface area contributed by atoms with Crippen LogP contribution in [0.5, 0.6) is 0 Å². The third-order valence-electron chi connectivity index (χ3n) is 2.00. The Labute approximate surface area is 95.8 Å². The maximum Gasteiger partial charge on any atom is 0.0952 e. The van der Waals surface area contributed by atoms with Crippen molar-refractivity contribution in [3.05, 3.63) is 58.5 Å². The minimum absolute atomic E-state index is 0.137. The summed E-state index contributed by atoms with van der Waals surface area (Å²) in [6, 6.07) is 9.82. The second kappa shape index (κ2) is 4.20. The Bertz CT molecular complexity index is 394. The van der Waals surface area contributed by atoms with Gasteiger partial charge < -0.3 is 4.42 Å². The highest BCUT2D eigenvalue weighted by molar-refractivity contribution is 9.10. The molecule has 0 spiro atoms. The molecule has 0 aliphatic carbocycles. The Morgan fingerprint density at radius 3 is 2.36 bits per heavy atom. The van der Waals surface area contributed by atoms with E-state index in [1.807, 2.05) is 30.3 Å². The molecule has 0 saturated carbocycles. The summed E-state index contributed by atoms with van der Waals surface area (Å²) in [5, 5.41) is -0.137. The number of hydrogen-bond acceptors (Lipinski definition) is 1. The van der Waals surface area contributed by atoms with Crippen molar-refractivity contribution in [2.75, 3.05) is 0 Å². The van der Waals surface area contributed by atoms with Crippen LogP contribution < -0.4 is 0 Å². The summed E-state index contributed by atoms with van der Waals surface area (Å²) >= 11 is 9.63. The van der Waals surface area contributed by atoms with Crippen LogP contribution in [0.25, 0.3) is 0 Å². The standard InChI is InChI=1S/C11H8BrClO/c12-10-3-1-8(2-4-10)11(13)9-5-6-14-7-9/h1-7,11H. The summed E-state index contributed by atoms with van der Waals surface area (Å²) in [6.45, 7) is 0. The molecule has 72 valence electrons. The number of rotatable bonds is 2. The van der Waals surface area contributed by atoms with Gasteiger partial charge in [-0.2, -0.15) is 0 Å². The number of hydrogen-bond donors (Lipinski definition) is 0. The molecule has 1 aromatic carbocycles. The predicted octanol–water partition coefficient (Wildman–Crippen LogP) is 4.37. The molecule has 1 aromatic heterocycles. The van der Waals surface area contributed by atoms with Gasteiger partial charge in [0.05, 0.1) is 17.9 Å². The van der Waals surface area contributed by atoms with Gasteiger partial charge in [0, 0.05) is 10.0 Å². The van der Waals surface area contributed by atoms with Crippen LogP contribution in [0.15, 0.2) is 51.7 Å². The first-order chi connectivity index (χ1) is 6.77. The first-order valence-corrected chi connectivity index (χ1v) is 5.42. The average molecular weight is 272 g/mol. The SMILES string of the molecule is ClC(c1ccc(Br)cc1)c1ccoc1. The first-order valence-electron chi connectivity index (χ1n) is 4.19. The van der Waals surface area contributed by atoms with E-state index in [2.05, 4.69) is 15.9 Å². The molecule has 1 atom stereocenters. The summed E-state index contributed by atoms with van der Waals surface area (Å²) in [6.07, 6.45) is 3.29. The molecule has 14 heavy (non-hydrogen) atoms. The van der Waals surface area contributed by atoms with Crippen molar-refractivity contribution >= 4 is 27.5 Å². The third-order valence-corrected chi connectivity index (χ3v) is 3.03. The molecular formula is C11H8BrClO. The molecule has 3 heteroatoms. The van der Waals surface area contributed by atoms with E-state index in [1.165, 1.54) is 0 Å². The van der Waals surface area contributed by atoms with Crippen LogP contribution in [-0.4, -0.2) is 0 Å². The summed E-state index contributed by atoms with van der Waals surface area (Å²) in [4.78, 5) is 0. The van der Waals surface area contributed by atoms with E-state index < -0.39 is 0 Å². The second-order valence-electron chi connectivity index (χ2n) is 2.97. The minimum atomic E-state index is -0.137. The molecule has 0 aliphatic rings. The van der Waals surface area contributed by atoms with E-state index in [9.17, 15) is 0 Å². The smallest absolute Gasteiger partial charge is 0.0952 e. The van der Waals surface area contributed by atoms with Crippen molar-refractivity contribution in [2.45, 2.75) is 5.38 Å². The van der Waals surface area contributed by atoms with Gasteiger partial charge in [-0.25, -0.2) is 0 Å². The maximum absolute atomic E-state index is 6.25. The molecule has 0 aliphatic heterocycles. The highest BCUT2D eigenvalue weighted by Gasteiger charge is 2.11. The van der Waals surface area contributed by atoms with Crippen LogP contribution in [0.2, 0.25) is 0 Å². The van der Waals surface area contributed by atoms with Gasteiger partial charge in [-0.15, -0.1) is 11.6 Å². The molecule has 0 radical (unpaired) electrons. The van der Waals surface area contributed by atoms with Gasteiger partial charge >= 0.3 is 0 Å². The zero-order valence-electron chi connectivity index (χ0n) is 7.28. The Balaban J connectivity index is 2.28. The Hall–Kier alpha value is -0.730. The lowest BCUT2D eigenvalue weighted by molar-refractivity contribution is 0.564. The maximum atomic E-state index is 6.25. The molecule has 0 bridgehead atoms. The van der Waals surface area contributed by atoms with Gasteiger partial charge in [-0.05, 0) is 23.8 Å². The van der Waals surface area contributed by atoms with E-state index in [0.717, 1.165) is 15.6 Å². The molecule has 2 rings (SSSR count). The lowest BCUT2D eigenvalue weighted by Gasteiger charge is -2.06. The first kappa shape index (κ1) is 9.81. The lowest BCUT2D eigenvalue weighted by Crippen LogP contribution is -1.89. The van der Waals surface area contributed by atoms with Crippen molar-refractivity contribution in [2.24, 2.45) is 0 Å². The molecule has 0 N–H and O–H groups in total. The topological polar surface area (TPSA) is 13.1 Å². The van der Waals surface area contributed by atoms with Gasteiger partial charge in [0.1, 0.15) is 0 Å².